The van der Waals surface area contributed by atoms with Crippen molar-refractivity contribution in [3.8, 4) is 11.6 Å². The second-order valence-electron chi connectivity index (χ2n) is 6.50. The van der Waals surface area contributed by atoms with Crippen molar-refractivity contribution >= 4 is 17.5 Å². The lowest BCUT2D eigenvalue weighted by atomic mass is 10.1. The fourth-order valence-electron chi connectivity index (χ4n) is 2.53. The summed E-state index contributed by atoms with van der Waals surface area (Å²) in [5.74, 6) is 1.01. The lowest BCUT2D eigenvalue weighted by Crippen LogP contribution is -2.31. The van der Waals surface area contributed by atoms with Crippen LogP contribution in [0, 0.1) is 5.92 Å². The minimum absolute atomic E-state index is 0.0253. The number of nitrogens with zero attached hydrogens (tertiary/aromatic N) is 1. The van der Waals surface area contributed by atoms with E-state index in [9.17, 15) is 9.59 Å². The minimum Gasteiger partial charge on any atom is -0.497 e. The van der Waals surface area contributed by atoms with Gasteiger partial charge in [0.25, 0.3) is 5.91 Å². The van der Waals surface area contributed by atoms with Crippen LogP contribution in [-0.2, 0) is 9.59 Å². The van der Waals surface area contributed by atoms with Crippen molar-refractivity contribution in [3.63, 3.8) is 0 Å². The molecule has 1 aromatic heterocycles. The highest BCUT2D eigenvalue weighted by Gasteiger charge is 2.29. The van der Waals surface area contributed by atoms with Crippen LogP contribution in [-0.4, -0.2) is 30.5 Å². The van der Waals surface area contributed by atoms with Gasteiger partial charge in [-0.3, -0.25) is 9.59 Å². The van der Waals surface area contributed by atoms with Crippen molar-refractivity contribution in [2.24, 2.45) is 5.92 Å². The Morgan fingerprint density at radius 3 is 2.52 bits per heavy atom. The van der Waals surface area contributed by atoms with Gasteiger partial charge in [-0.2, -0.15) is 0 Å². The minimum atomic E-state index is -0.244. The summed E-state index contributed by atoms with van der Waals surface area (Å²) < 4.78 is 10.5. The predicted octanol–water partition coefficient (Wildman–Crippen LogP) is 2.69. The molecule has 1 heterocycles. The van der Waals surface area contributed by atoms with Crippen LogP contribution in [0.25, 0.3) is 0 Å². The maximum atomic E-state index is 12.1. The molecule has 1 aromatic carbocycles. The van der Waals surface area contributed by atoms with E-state index in [4.69, 9.17) is 9.47 Å². The first-order valence-electron chi connectivity index (χ1n) is 8.88. The van der Waals surface area contributed by atoms with Crippen LogP contribution in [0.2, 0.25) is 0 Å². The average Bonchev–Trinajstić information content (AvgIpc) is 3.53. The molecule has 1 fully saturated rings. The number of carbonyl (C=O) groups is 2. The first kappa shape index (κ1) is 18.7. The molecular formula is C20H23N3O4. The van der Waals surface area contributed by atoms with Gasteiger partial charge >= 0.3 is 0 Å². The number of rotatable bonds is 8. The number of methoxy groups -OCH3 is 1. The number of hydrogen-bond donors (Lipinski definition) is 2. The molecule has 0 aliphatic heterocycles. The Morgan fingerprint density at radius 2 is 1.93 bits per heavy atom. The molecule has 0 radical (unpaired) electrons. The molecule has 1 aliphatic carbocycles. The molecule has 3 rings (SSSR count). The number of carbonyl (C=O) groups excluding carboxylic acids is 2. The number of amides is 2. The normalized spacial score (nSPS) is 14.1. The number of ether oxygens (including phenoxy) is 2. The van der Waals surface area contributed by atoms with E-state index in [0.717, 1.165) is 24.2 Å². The highest BCUT2D eigenvalue weighted by atomic mass is 16.5. The van der Waals surface area contributed by atoms with Crippen LogP contribution < -0.4 is 20.1 Å². The summed E-state index contributed by atoms with van der Waals surface area (Å²) in [6.45, 7) is 1.76. The van der Waals surface area contributed by atoms with Gasteiger partial charge in [0.05, 0.1) is 25.0 Å². The molecule has 7 heteroatoms. The van der Waals surface area contributed by atoms with E-state index in [2.05, 4.69) is 15.6 Å². The topological polar surface area (TPSA) is 89.5 Å². The Balaban J connectivity index is 1.44. The molecule has 2 amide bonds. The lowest BCUT2D eigenvalue weighted by molar-refractivity contribution is -0.123. The SMILES string of the molecule is COc1ccc(C(C)NC(=O)COc2ccc(NC(=O)C3CC3)cn2)cc1. The second kappa shape index (κ2) is 8.53. The van der Waals surface area contributed by atoms with Crippen LogP contribution in [0.1, 0.15) is 31.4 Å². The summed E-state index contributed by atoms with van der Waals surface area (Å²) in [4.78, 5) is 27.9. The van der Waals surface area contributed by atoms with Gasteiger partial charge in [0.15, 0.2) is 6.61 Å². The summed E-state index contributed by atoms with van der Waals surface area (Å²) in [5.41, 5.74) is 1.59. The largest absolute Gasteiger partial charge is 0.497 e. The van der Waals surface area contributed by atoms with Gasteiger partial charge in [-0.05, 0) is 43.5 Å². The molecule has 0 saturated heterocycles. The fourth-order valence-corrected chi connectivity index (χ4v) is 2.53. The number of nitrogens with one attached hydrogen (secondary N) is 2. The molecule has 0 spiro atoms. The van der Waals surface area contributed by atoms with Crippen molar-refractivity contribution < 1.29 is 19.1 Å². The number of anilines is 1. The van der Waals surface area contributed by atoms with E-state index >= 15 is 0 Å². The molecule has 27 heavy (non-hydrogen) atoms. The van der Waals surface area contributed by atoms with Gasteiger partial charge in [-0.15, -0.1) is 0 Å². The fraction of sp³-hybridized carbons (Fsp3) is 0.350. The molecule has 1 unspecified atom stereocenters. The van der Waals surface area contributed by atoms with Crippen molar-refractivity contribution in [2.45, 2.75) is 25.8 Å². The predicted molar refractivity (Wildman–Crippen MR) is 101 cm³/mol. The van der Waals surface area contributed by atoms with Crippen LogP contribution in [0.3, 0.4) is 0 Å². The zero-order valence-corrected chi connectivity index (χ0v) is 15.4. The Morgan fingerprint density at radius 1 is 1.19 bits per heavy atom. The van der Waals surface area contributed by atoms with Crippen molar-refractivity contribution in [1.82, 2.24) is 10.3 Å². The summed E-state index contributed by atoms with van der Waals surface area (Å²) in [6, 6.07) is 10.7. The first-order valence-corrected chi connectivity index (χ1v) is 8.88. The zero-order valence-electron chi connectivity index (χ0n) is 15.4. The number of pyridine rings is 1. The summed E-state index contributed by atoms with van der Waals surface area (Å²) in [7, 11) is 1.61. The molecule has 7 nitrogen and oxygen atoms in total. The second-order valence-corrected chi connectivity index (χ2v) is 6.50. The van der Waals surface area contributed by atoms with Crippen LogP contribution in [0.5, 0.6) is 11.6 Å². The number of benzene rings is 1. The van der Waals surface area contributed by atoms with Gasteiger partial charge < -0.3 is 20.1 Å². The van der Waals surface area contributed by atoms with E-state index in [1.807, 2.05) is 31.2 Å². The molecule has 2 N–H and O–H groups in total. The van der Waals surface area contributed by atoms with Gasteiger partial charge in [-0.25, -0.2) is 4.98 Å². The molecule has 1 atom stereocenters. The highest BCUT2D eigenvalue weighted by Crippen LogP contribution is 2.30. The summed E-state index contributed by atoms with van der Waals surface area (Å²) in [6.07, 6.45) is 3.42. The van der Waals surface area contributed by atoms with E-state index in [0.29, 0.717) is 11.6 Å². The van der Waals surface area contributed by atoms with E-state index in [-0.39, 0.29) is 30.4 Å². The Hall–Kier alpha value is -3.09. The summed E-state index contributed by atoms with van der Waals surface area (Å²) >= 11 is 0. The van der Waals surface area contributed by atoms with Crippen molar-refractivity contribution in [3.05, 3.63) is 48.2 Å². The maximum Gasteiger partial charge on any atom is 0.258 e. The zero-order chi connectivity index (χ0) is 19.2. The van der Waals surface area contributed by atoms with E-state index < -0.39 is 0 Å². The lowest BCUT2D eigenvalue weighted by Gasteiger charge is -2.15. The quantitative estimate of drug-likeness (QED) is 0.747. The smallest absolute Gasteiger partial charge is 0.258 e. The van der Waals surface area contributed by atoms with Crippen LogP contribution in [0.15, 0.2) is 42.6 Å². The third-order valence-electron chi connectivity index (χ3n) is 4.30. The van der Waals surface area contributed by atoms with Crippen molar-refractivity contribution in [2.75, 3.05) is 19.0 Å². The third kappa shape index (κ3) is 5.44. The van der Waals surface area contributed by atoms with Gasteiger partial charge in [-0.1, -0.05) is 12.1 Å². The standard InChI is InChI=1S/C20H23N3O4/c1-13(14-5-8-17(26-2)9-6-14)22-18(24)12-27-19-10-7-16(11-21-19)23-20(25)15-3-4-15/h5-11,13,15H,3-4,12H2,1-2H3,(H,22,24)(H,23,25). The maximum absolute atomic E-state index is 12.1. The number of hydrogen-bond acceptors (Lipinski definition) is 5. The van der Waals surface area contributed by atoms with Crippen molar-refractivity contribution in [1.29, 1.82) is 0 Å². The average molecular weight is 369 g/mol. The third-order valence-corrected chi connectivity index (χ3v) is 4.30. The monoisotopic (exact) mass is 369 g/mol. The van der Waals surface area contributed by atoms with Gasteiger partial charge in [0.2, 0.25) is 11.8 Å². The Kier molecular flexibility index (Phi) is 5.90. The molecule has 1 saturated carbocycles. The molecule has 0 bridgehead atoms. The van der Waals surface area contributed by atoms with Gasteiger partial charge in [0, 0.05) is 12.0 Å². The molecule has 1 aliphatic rings. The first-order chi connectivity index (χ1) is 13.0. The summed E-state index contributed by atoms with van der Waals surface area (Å²) in [5, 5.41) is 5.67. The number of aromatic nitrogens is 1. The Labute approximate surface area is 158 Å². The van der Waals surface area contributed by atoms with Crippen LogP contribution in [0.4, 0.5) is 5.69 Å². The van der Waals surface area contributed by atoms with Gasteiger partial charge in [0.1, 0.15) is 5.75 Å². The molecule has 142 valence electrons. The molecular weight excluding hydrogens is 346 g/mol. The molecule has 2 aromatic rings. The van der Waals surface area contributed by atoms with Crippen LogP contribution >= 0.6 is 0 Å². The Bertz CT molecular complexity index is 786. The van der Waals surface area contributed by atoms with E-state index in [1.165, 1.54) is 6.20 Å². The highest BCUT2D eigenvalue weighted by molar-refractivity contribution is 5.93. The van der Waals surface area contributed by atoms with E-state index in [1.54, 1.807) is 19.2 Å².